The second kappa shape index (κ2) is 14.8. The lowest BCUT2D eigenvalue weighted by atomic mass is 9.83. The zero-order chi connectivity index (χ0) is 24.9. The van der Waals surface area contributed by atoms with Crippen molar-refractivity contribution in [3.8, 4) is 11.4 Å². The molecule has 0 N–H and O–H groups in total. The average Bonchev–Trinajstić information content (AvgIpc) is 2.87. The van der Waals surface area contributed by atoms with Crippen molar-refractivity contribution < 1.29 is 9.53 Å². The van der Waals surface area contributed by atoms with Gasteiger partial charge in [-0.3, -0.25) is 0 Å². The Morgan fingerprint density at radius 3 is 2.37 bits per heavy atom. The molecule has 2 atom stereocenters. The molecule has 0 amide bonds. The number of nitrogens with zero attached hydrogens (tertiary/aromatic N) is 2. The first-order valence-electron chi connectivity index (χ1n) is 13.8. The number of aryl methyl sites for hydroxylation is 1. The predicted octanol–water partition coefficient (Wildman–Crippen LogP) is 8.51. The molecule has 4 heteroatoms. The first-order chi connectivity index (χ1) is 17.1. The van der Waals surface area contributed by atoms with Crippen molar-refractivity contribution in [2.24, 2.45) is 5.92 Å². The van der Waals surface area contributed by atoms with E-state index < -0.39 is 0 Å². The van der Waals surface area contributed by atoms with Crippen LogP contribution in [0.1, 0.15) is 114 Å². The van der Waals surface area contributed by atoms with Crippen LogP contribution in [0.4, 0.5) is 0 Å². The summed E-state index contributed by atoms with van der Waals surface area (Å²) in [5, 5.41) is 0. The Kier molecular flexibility index (Phi) is 11.5. The van der Waals surface area contributed by atoms with E-state index in [1.165, 1.54) is 56.1 Å². The van der Waals surface area contributed by atoms with Gasteiger partial charge in [-0.2, -0.15) is 0 Å². The molecule has 3 rings (SSSR count). The molecule has 2 aromatic rings. The fraction of sp³-hybridized carbons (Fsp3) is 0.581. The number of aromatic nitrogens is 2. The summed E-state index contributed by atoms with van der Waals surface area (Å²) in [6.45, 7) is 6.52. The van der Waals surface area contributed by atoms with Gasteiger partial charge in [0.25, 0.3) is 0 Å². The van der Waals surface area contributed by atoms with Crippen LogP contribution in [-0.4, -0.2) is 22.0 Å². The number of benzene rings is 1. The highest BCUT2D eigenvalue weighted by molar-refractivity contribution is 5.90. The molecule has 1 aliphatic rings. The number of hydrogen-bond acceptors (Lipinski definition) is 4. The van der Waals surface area contributed by atoms with Crippen molar-refractivity contribution in [1.82, 2.24) is 9.97 Å². The third-order valence-electron chi connectivity index (χ3n) is 7.09. The van der Waals surface area contributed by atoms with E-state index in [4.69, 9.17) is 4.74 Å². The Bertz CT molecular complexity index is 914. The molecule has 0 spiro atoms. The fourth-order valence-electron chi connectivity index (χ4n) is 4.95. The molecule has 0 saturated heterocycles. The molecular formula is C31H44N2O2. The van der Waals surface area contributed by atoms with Crippen LogP contribution in [0.3, 0.4) is 0 Å². The largest absolute Gasteiger partial charge is 0.458 e. The number of ether oxygens (including phenoxy) is 1. The van der Waals surface area contributed by atoms with E-state index in [0.29, 0.717) is 17.3 Å². The number of allylic oxidation sites excluding steroid dienone is 2. The Morgan fingerprint density at radius 1 is 0.971 bits per heavy atom. The van der Waals surface area contributed by atoms with Crippen molar-refractivity contribution >= 4 is 5.97 Å². The van der Waals surface area contributed by atoms with Crippen LogP contribution in [0.2, 0.25) is 0 Å². The maximum Gasteiger partial charge on any atom is 0.338 e. The zero-order valence-corrected chi connectivity index (χ0v) is 22.1. The molecule has 4 nitrogen and oxygen atoms in total. The highest BCUT2D eigenvalue weighted by atomic mass is 16.5. The third kappa shape index (κ3) is 9.23. The second-order valence-electron chi connectivity index (χ2n) is 10.4. The quantitative estimate of drug-likeness (QED) is 0.165. The van der Waals surface area contributed by atoms with Crippen molar-refractivity contribution in [2.75, 3.05) is 0 Å². The maximum absolute atomic E-state index is 12.9. The molecular weight excluding hydrogens is 432 g/mol. The summed E-state index contributed by atoms with van der Waals surface area (Å²) in [6.07, 6.45) is 21.6. The number of carbonyl (C=O) groups excluding carboxylic acids is 1. The minimum absolute atomic E-state index is 0.0315. The molecule has 1 fully saturated rings. The summed E-state index contributed by atoms with van der Waals surface area (Å²) in [5.74, 6) is 0.944. The first-order valence-corrected chi connectivity index (χ1v) is 13.8. The number of rotatable bonds is 13. The van der Waals surface area contributed by atoms with E-state index in [2.05, 4.69) is 36.8 Å². The van der Waals surface area contributed by atoms with E-state index in [-0.39, 0.29) is 12.1 Å². The Morgan fingerprint density at radius 2 is 1.66 bits per heavy atom. The molecule has 1 aliphatic carbocycles. The number of carbonyl (C=O) groups is 1. The zero-order valence-electron chi connectivity index (χ0n) is 22.1. The molecule has 0 bridgehead atoms. The van der Waals surface area contributed by atoms with Gasteiger partial charge in [-0.15, -0.1) is 0 Å². The van der Waals surface area contributed by atoms with Gasteiger partial charge in [0, 0.05) is 18.0 Å². The SMILES string of the molecule is CCCCCCCCc1cnc(-c2ccc(C(=O)OC3CCCCC3CCC=C(C)C)cc2)nc1. The molecule has 35 heavy (non-hydrogen) atoms. The predicted molar refractivity (Wildman–Crippen MR) is 144 cm³/mol. The summed E-state index contributed by atoms with van der Waals surface area (Å²) >= 11 is 0. The number of esters is 1. The van der Waals surface area contributed by atoms with Crippen LogP contribution < -0.4 is 0 Å². The van der Waals surface area contributed by atoms with Crippen LogP contribution in [0.5, 0.6) is 0 Å². The first kappa shape index (κ1) is 27.1. The minimum atomic E-state index is -0.217. The van der Waals surface area contributed by atoms with Gasteiger partial charge in [0.05, 0.1) is 5.56 Å². The summed E-state index contributed by atoms with van der Waals surface area (Å²) in [4.78, 5) is 22.0. The van der Waals surface area contributed by atoms with E-state index in [1.807, 2.05) is 36.7 Å². The molecule has 190 valence electrons. The van der Waals surface area contributed by atoms with Crippen LogP contribution in [-0.2, 0) is 11.2 Å². The summed E-state index contributed by atoms with van der Waals surface area (Å²) < 4.78 is 5.99. The maximum atomic E-state index is 12.9. The third-order valence-corrected chi connectivity index (χ3v) is 7.09. The number of unbranched alkanes of at least 4 members (excludes halogenated alkanes) is 5. The van der Waals surface area contributed by atoms with Crippen LogP contribution in [0.15, 0.2) is 48.3 Å². The van der Waals surface area contributed by atoms with E-state index >= 15 is 0 Å². The molecule has 1 aromatic carbocycles. The Hall–Kier alpha value is -2.49. The normalized spacial score (nSPS) is 17.7. The monoisotopic (exact) mass is 476 g/mol. The van der Waals surface area contributed by atoms with Gasteiger partial charge < -0.3 is 4.74 Å². The van der Waals surface area contributed by atoms with Crippen LogP contribution in [0.25, 0.3) is 11.4 Å². The lowest BCUT2D eigenvalue weighted by Crippen LogP contribution is -2.30. The minimum Gasteiger partial charge on any atom is -0.458 e. The van der Waals surface area contributed by atoms with Crippen molar-refractivity contribution in [1.29, 1.82) is 0 Å². The highest BCUT2D eigenvalue weighted by Crippen LogP contribution is 2.31. The Labute approximate surface area is 212 Å². The van der Waals surface area contributed by atoms with E-state index in [1.54, 1.807) is 0 Å². The van der Waals surface area contributed by atoms with Crippen LogP contribution in [0, 0.1) is 5.92 Å². The van der Waals surface area contributed by atoms with Gasteiger partial charge in [-0.05, 0) is 82.4 Å². The molecule has 1 heterocycles. The smallest absolute Gasteiger partial charge is 0.338 e. The van der Waals surface area contributed by atoms with E-state index in [9.17, 15) is 4.79 Å². The van der Waals surface area contributed by atoms with Crippen molar-refractivity contribution in [2.45, 2.75) is 110 Å². The number of hydrogen-bond donors (Lipinski definition) is 0. The van der Waals surface area contributed by atoms with Crippen LogP contribution >= 0.6 is 0 Å². The average molecular weight is 477 g/mol. The lowest BCUT2D eigenvalue weighted by molar-refractivity contribution is -0.0000558. The lowest BCUT2D eigenvalue weighted by Gasteiger charge is -2.31. The van der Waals surface area contributed by atoms with Gasteiger partial charge in [0.1, 0.15) is 6.10 Å². The standard InChI is InChI=1S/C31H44N2O2/c1-4-5-6-7-8-9-14-25-22-32-30(33-23-25)27-18-20-28(21-19-27)31(34)35-29-17-11-10-15-26(29)16-12-13-24(2)3/h13,18-23,26,29H,4-12,14-17H2,1-3H3. The van der Waals surface area contributed by atoms with Gasteiger partial charge >= 0.3 is 5.97 Å². The topological polar surface area (TPSA) is 52.1 Å². The van der Waals surface area contributed by atoms with Crippen molar-refractivity contribution in [3.05, 3.63) is 59.4 Å². The molecule has 0 aliphatic heterocycles. The molecule has 1 aromatic heterocycles. The molecule has 2 unspecified atom stereocenters. The van der Waals surface area contributed by atoms with Gasteiger partial charge in [0.2, 0.25) is 0 Å². The van der Waals surface area contributed by atoms with Gasteiger partial charge in [-0.25, -0.2) is 14.8 Å². The van der Waals surface area contributed by atoms with Gasteiger partial charge in [-0.1, -0.05) is 69.2 Å². The van der Waals surface area contributed by atoms with Crippen molar-refractivity contribution in [3.63, 3.8) is 0 Å². The highest BCUT2D eigenvalue weighted by Gasteiger charge is 2.28. The fourth-order valence-corrected chi connectivity index (χ4v) is 4.95. The second-order valence-corrected chi connectivity index (χ2v) is 10.4. The van der Waals surface area contributed by atoms with Gasteiger partial charge in [0.15, 0.2) is 5.82 Å². The summed E-state index contributed by atoms with van der Waals surface area (Å²) in [5.41, 5.74) is 4.06. The molecule has 1 saturated carbocycles. The van der Waals surface area contributed by atoms with E-state index in [0.717, 1.165) is 44.1 Å². The summed E-state index contributed by atoms with van der Waals surface area (Å²) in [6, 6.07) is 7.53. The summed E-state index contributed by atoms with van der Waals surface area (Å²) in [7, 11) is 0. The molecule has 0 radical (unpaired) electrons. The Balaban J connectivity index is 1.50.